The van der Waals surface area contributed by atoms with Crippen LogP contribution in [-0.4, -0.2) is 23.8 Å². The number of phenolic OH excluding ortho intramolecular Hbond substituents is 1. The zero-order valence-corrected chi connectivity index (χ0v) is 11.9. The quantitative estimate of drug-likeness (QED) is 0.677. The largest absolute Gasteiger partial charge is 0.507 e. The predicted octanol–water partition coefficient (Wildman–Crippen LogP) is 3.10. The summed E-state index contributed by atoms with van der Waals surface area (Å²) in [7, 11) is 1.54. The molecule has 4 heteroatoms. The first-order valence-corrected chi connectivity index (χ1v) is 6.55. The molecule has 21 heavy (non-hydrogen) atoms. The Bertz CT molecular complexity index is 659. The van der Waals surface area contributed by atoms with Crippen LogP contribution >= 0.6 is 0 Å². The van der Waals surface area contributed by atoms with Crippen LogP contribution in [0.1, 0.15) is 27.6 Å². The molecule has 0 heterocycles. The van der Waals surface area contributed by atoms with Crippen molar-refractivity contribution >= 4 is 11.6 Å². The molecule has 1 unspecified atom stereocenters. The van der Waals surface area contributed by atoms with Gasteiger partial charge in [0.05, 0.1) is 18.6 Å². The Labute approximate surface area is 123 Å². The third-order valence-corrected chi connectivity index (χ3v) is 3.33. The highest BCUT2D eigenvalue weighted by molar-refractivity contribution is 6.16. The highest BCUT2D eigenvalue weighted by Gasteiger charge is 2.25. The first-order valence-electron chi connectivity index (χ1n) is 6.55. The summed E-state index contributed by atoms with van der Waals surface area (Å²) in [6.07, 6.45) is 0. The molecule has 0 saturated carbocycles. The van der Waals surface area contributed by atoms with Crippen molar-refractivity contribution < 1.29 is 19.4 Å². The van der Waals surface area contributed by atoms with Crippen LogP contribution < -0.4 is 4.74 Å². The summed E-state index contributed by atoms with van der Waals surface area (Å²) in [6, 6.07) is 12.8. The van der Waals surface area contributed by atoms with Crippen LogP contribution in [0.25, 0.3) is 0 Å². The fourth-order valence-corrected chi connectivity index (χ4v) is 2.04. The second-order valence-electron chi connectivity index (χ2n) is 4.70. The van der Waals surface area contributed by atoms with Gasteiger partial charge in [-0.15, -0.1) is 0 Å². The summed E-state index contributed by atoms with van der Waals surface area (Å²) >= 11 is 0. The van der Waals surface area contributed by atoms with E-state index in [2.05, 4.69) is 0 Å². The van der Waals surface area contributed by atoms with E-state index in [0.717, 1.165) is 0 Å². The van der Waals surface area contributed by atoms with Crippen LogP contribution in [0.15, 0.2) is 48.5 Å². The van der Waals surface area contributed by atoms with Gasteiger partial charge in [0, 0.05) is 5.56 Å². The van der Waals surface area contributed by atoms with E-state index in [1.165, 1.54) is 12.1 Å². The van der Waals surface area contributed by atoms with Crippen LogP contribution in [-0.2, 0) is 0 Å². The minimum Gasteiger partial charge on any atom is -0.507 e. The lowest BCUT2D eigenvalue weighted by atomic mass is 9.91. The lowest BCUT2D eigenvalue weighted by Gasteiger charge is -2.11. The number of hydrogen-bond donors (Lipinski definition) is 1. The van der Waals surface area contributed by atoms with Crippen molar-refractivity contribution in [1.82, 2.24) is 0 Å². The Morgan fingerprint density at radius 1 is 1.00 bits per heavy atom. The number of aromatic hydroxyl groups is 1. The normalized spacial score (nSPS) is 11.7. The Morgan fingerprint density at radius 2 is 1.62 bits per heavy atom. The van der Waals surface area contributed by atoms with E-state index in [1.54, 1.807) is 50.4 Å². The number of benzene rings is 2. The molecule has 4 nitrogen and oxygen atoms in total. The van der Waals surface area contributed by atoms with Crippen molar-refractivity contribution in [1.29, 1.82) is 0 Å². The number of carbonyl (C=O) groups is 2. The second-order valence-corrected chi connectivity index (χ2v) is 4.70. The van der Waals surface area contributed by atoms with Crippen molar-refractivity contribution in [2.45, 2.75) is 6.92 Å². The summed E-state index contributed by atoms with van der Waals surface area (Å²) in [5.74, 6) is -1.00. The molecule has 0 radical (unpaired) electrons. The van der Waals surface area contributed by atoms with Crippen molar-refractivity contribution in [3.05, 3.63) is 59.7 Å². The monoisotopic (exact) mass is 284 g/mol. The summed E-state index contributed by atoms with van der Waals surface area (Å²) in [5, 5.41) is 9.70. The lowest BCUT2D eigenvalue weighted by Crippen LogP contribution is -2.21. The third-order valence-electron chi connectivity index (χ3n) is 3.33. The number of rotatable bonds is 5. The number of phenols is 1. The molecule has 1 atom stereocenters. The number of para-hydroxylation sites is 1. The number of methoxy groups -OCH3 is 1. The second kappa shape index (κ2) is 6.22. The number of ketones is 2. The zero-order chi connectivity index (χ0) is 15.4. The predicted molar refractivity (Wildman–Crippen MR) is 78.9 cm³/mol. The molecular weight excluding hydrogens is 268 g/mol. The maximum Gasteiger partial charge on any atom is 0.177 e. The van der Waals surface area contributed by atoms with E-state index in [4.69, 9.17) is 4.74 Å². The lowest BCUT2D eigenvalue weighted by molar-refractivity contribution is 0.0819. The summed E-state index contributed by atoms with van der Waals surface area (Å²) in [4.78, 5) is 24.6. The summed E-state index contributed by atoms with van der Waals surface area (Å²) in [6.45, 7) is 1.54. The molecule has 0 saturated heterocycles. The van der Waals surface area contributed by atoms with E-state index >= 15 is 0 Å². The van der Waals surface area contributed by atoms with Crippen molar-refractivity contribution in [2.75, 3.05) is 7.11 Å². The van der Waals surface area contributed by atoms with Gasteiger partial charge in [0.25, 0.3) is 0 Å². The molecule has 2 aromatic rings. The average Bonchev–Trinajstić information content (AvgIpc) is 2.53. The average molecular weight is 284 g/mol. The van der Waals surface area contributed by atoms with E-state index in [0.29, 0.717) is 11.3 Å². The standard InChI is InChI=1S/C17H16O4/c1-11(17(20)14-5-3-4-6-15(14)18)16(19)12-7-9-13(21-2)10-8-12/h3-11,18H,1-2H3. The van der Waals surface area contributed by atoms with Gasteiger partial charge in [-0.3, -0.25) is 9.59 Å². The molecule has 108 valence electrons. The van der Waals surface area contributed by atoms with Gasteiger partial charge in [0.1, 0.15) is 11.5 Å². The van der Waals surface area contributed by atoms with Crippen molar-refractivity contribution in [3.63, 3.8) is 0 Å². The smallest absolute Gasteiger partial charge is 0.177 e. The van der Waals surface area contributed by atoms with Gasteiger partial charge in [-0.25, -0.2) is 0 Å². The topological polar surface area (TPSA) is 63.6 Å². The summed E-state index contributed by atoms with van der Waals surface area (Å²) in [5.41, 5.74) is 0.596. The molecule has 2 aromatic carbocycles. The highest BCUT2D eigenvalue weighted by Crippen LogP contribution is 2.22. The molecular formula is C17H16O4. The van der Waals surface area contributed by atoms with E-state index < -0.39 is 11.7 Å². The van der Waals surface area contributed by atoms with Gasteiger partial charge in [-0.1, -0.05) is 12.1 Å². The van der Waals surface area contributed by atoms with Gasteiger partial charge in [0.2, 0.25) is 0 Å². The van der Waals surface area contributed by atoms with Gasteiger partial charge < -0.3 is 9.84 Å². The van der Waals surface area contributed by atoms with E-state index in [9.17, 15) is 14.7 Å². The molecule has 1 N–H and O–H groups in total. The maximum atomic E-state index is 12.3. The van der Waals surface area contributed by atoms with Gasteiger partial charge in [0.15, 0.2) is 11.6 Å². The zero-order valence-electron chi connectivity index (χ0n) is 11.9. The number of Topliss-reactive ketones (excluding diaryl/α,β-unsaturated/α-hetero) is 2. The van der Waals surface area contributed by atoms with Crippen LogP contribution in [0.2, 0.25) is 0 Å². The fraction of sp³-hybridized carbons (Fsp3) is 0.176. The molecule has 0 spiro atoms. The van der Waals surface area contributed by atoms with Crippen LogP contribution in [0, 0.1) is 5.92 Å². The number of carbonyl (C=O) groups excluding carboxylic acids is 2. The van der Waals surface area contributed by atoms with Gasteiger partial charge >= 0.3 is 0 Å². The Balaban J connectivity index is 2.22. The molecule has 0 aliphatic heterocycles. The SMILES string of the molecule is COc1ccc(C(=O)C(C)C(=O)c2ccccc2O)cc1. The number of ether oxygens (including phenoxy) is 1. The fourth-order valence-electron chi connectivity index (χ4n) is 2.04. The summed E-state index contributed by atoms with van der Waals surface area (Å²) < 4.78 is 5.03. The van der Waals surface area contributed by atoms with Crippen LogP contribution in [0.3, 0.4) is 0 Å². The van der Waals surface area contributed by atoms with E-state index in [-0.39, 0.29) is 17.1 Å². The number of hydrogen-bond acceptors (Lipinski definition) is 4. The highest BCUT2D eigenvalue weighted by atomic mass is 16.5. The molecule has 2 rings (SSSR count). The third kappa shape index (κ3) is 3.11. The molecule has 0 aliphatic carbocycles. The first kappa shape index (κ1) is 14.8. The van der Waals surface area contributed by atoms with Crippen molar-refractivity contribution in [2.24, 2.45) is 5.92 Å². The Morgan fingerprint density at radius 3 is 2.19 bits per heavy atom. The van der Waals surface area contributed by atoms with Crippen LogP contribution in [0.4, 0.5) is 0 Å². The Kier molecular flexibility index (Phi) is 4.38. The van der Waals surface area contributed by atoms with E-state index in [1.807, 2.05) is 0 Å². The Hall–Kier alpha value is -2.62. The molecule has 0 amide bonds. The minimum atomic E-state index is -0.855. The van der Waals surface area contributed by atoms with Gasteiger partial charge in [-0.2, -0.15) is 0 Å². The van der Waals surface area contributed by atoms with Crippen LogP contribution in [0.5, 0.6) is 11.5 Å². The first-order chi connectivity index (χ1) is 10.0. The van der Waals surface area contributed by atoms with Crippen molar-refractivity contribution in [3.8, 4) is 11.5 Å². The maximum absolute atomic E-state index is 12.3. The molecule has 0 aromatic heterocycles. The molecule has 0 fully saturated rings. The molecule has 0 aliphatic rings. The minimum absolute atomic E-state index is 0.114. The van der Waals surface area contributed by atoms with Gasteiger partial charge in [-0.05, 0) is 43.3 Å². The molecule has 0 bridgehead atoms.